The molecule has 5 aliphatic rings. The van der Waals surface area contributed by atoms with Crippen molar-refractivity contribution in [3.63, 3.8) is 0 Å². The maximum atomic E-state index is 14.0. The molecule has 0 aromatic heterocycles. The summed E-state index contributed by atoms with van der Waals surface area (Å²) in [7, 11) is 0. The van der Waals surface area contributed by atoms with E-state index in [0.717, 1.165) is 0 Å². The summed E-state index contributed by atoms with van der Waals surface area (Å²) in [6, 6.07) is 0. The Balaban J connectivity index is 1.67. The van der Waals surface area contributed by atoms with Gasteiger partial charge in [0.25, 0.3) is 0 Å². The zero-order valence-corrected chi connectivity index (χ0v) is 14.5. The van der Waals surface area contributed by atoms with Crippen LogP contribution in [0.3, 0.4) is 0 Å². The van der Waals surface area contributed by atoms with Crippen molar-refractivity contribution in [2.45, 2.75) is 44.5 Å². The van der Waals surface area contributed by atoms with Gasteiger partial charge in [-0.1, -0.05) is 30.7 Å². The van der Waals surface area contributed by atoms with E-state index in [9.17, 15) is 31.1 Å². The summed E-state index contributed by atoms with van der Waals surface area (Å²) < 4.78 is 84.0. The first kappa shape index (κ1) is 17.8. The molecule has 3 fully saturated rings. The number of alkyl halides is 6. The van der Waals surface area contributed by atoms with Crippen LogP contribution in [0.4, 0.5) is 26.3 Å². The molecule has 5 aliphatic carbocycles. The third-order valence-corrected chi connectivity index (χ3v) is 8.25. The van der Waals surface area contributed by atoms with Crippen molar-refractivity contribution in [2.24, 2.45) is 46.3 Å². The van der Waals surface area contributed by atoms with Crippen LogP contribution in [0.25, 0.3) is 0 Å². The van der Waals surface area contributed by atoms with Crippen molar-refractivity contribution in [3.8, 4) is 0 Å². The van der Waals surface area contributed by atoms with Crippen LogP contribution in [-0.4, -0.2) is 18.1 Å². The third kappa shape index (κ3) is 1.96. The van der Waals surface area contributed by atoms with Gasteiger partial charge in [-0.2, -0.15) is 26.3 Å². The van der Waals surface area contributed by atoms with E-state index in [0.29, 0.717) is 0 Å². The second kappa shape index (κ2) is 5.01. The highest BCUT2D eigenvalue weighted by Gasteiger charge is 2.77. The first-order valence-electron chi connectivity index (χ1n) is 9.58. The quantitative estimate of drug-likeness (QED) is 0.395. The summed E-state index contributed by atoms with van der Waals surface area (Å²) in [5, 5.41) is 0. The molecule has 3 saturated carbocycles. The molecule has 7 heteroatoms. The predicted octanol–water partition coefficient (Wildman–Crippen LogP) is 5.48. The Labute approximate surface area is 152 Å². The molecular formula is C20H20F6O. The Morgan fingerprint density at radius 1 is 0.741 bits per heavy atom. The minimum atomic E-state index is -4.58. The molecule has 1 nitrogen and oxygen atoms in total. The number of carbonyl (C=O) groups is 1. The molecule has 27 heavy (non-hydrogen) atoms. The van der Waals surface area contributed by atoms with Crippen LogP contribution < -0.4 is 0 Å². The Morgan fingerprint density at radius 3 is 1.52 bits per heavy atom. The first-order valence-corrected chi connectivity index (χ1v) is 9.58. The van der Waals surface area contributed by atoms with Gasteiger partial charge in [0.15, 0.2) is 0 Å². The SMILES string of the molecule is O=C1[C@@]2(CCC[C@@]13[C@@H]1C=C[C@@H](C1)[C@@H]3C(F)(F)F)[C@@H]1C=C[C@@H](C1)[C@@H]2C(F)(F)F. The molecule has 0 unspecified atom stereocenters. The minimum Gasteiger partial charge on any atom is -0.298 e. The maximum absolute atomic E-state index is 14.0. The molecule has 0 N–H and O–H groups in total. The van der Waals surface area contributed by atoms with Gasteiger partial charge in [0.1, 0.15) is 5.78 Å². The Bertz CT molecular complexity index is 689. The van der Waals surface area contributed by atoms with Gasteiger partial charge in [0, 0.05) is 10.8 Å². The topological polar surface area (TPSA) is 17.1 Å². The van der Waals surface area contributed by atoms with Crippen molar-refractivity contribution < 1.29 is 31.1 Å². The number of hydrogen-bond acceptors (Lipinski definition) is 1. The van der Waals surface area contributed by atoms with E-state index in [1.165, 1.54) is 12.2 Å². The number of allylic oxidation sites excluding steroid dienone is 4. The highest BCUT2D eigenvalue weighted by atomic mass is 19.4. The molecule has 0 aliphatic heterocycles. The number of Topliss-reactive ketones (excluding diaryl/α,β-unsaturated/α-hetero) is 1. The first-order chi connectivity index (χ1) is 12.5. The zero-order chi connectivity index (χ0) is 19.4. The van der Waals surface area contributed by atoms with Crippen LogP contribution in [0.15, 0.2) is 24.3 Å². The van der Waals surface area contributed by atoms with E-state index in [1.807, 2.05) is 0 Å². The summed E-state index contributed by atoms with van der Waals surface area (Å²) in [4.78, 5) is 13.8. The number of hydrogen-bond donors (Lipinski definition) is 0. The second-order valence-electron chi connectivity index (χ2n) is 9.08. The summed E-state index contributed by atoms with van der Waals surface area (Å²) >= 11 is 0. The van der Waals surface area contributed by atoms with Crippen LogP contribution in [0.1, 0.15) is 32.1 Å². The highest BCUT2D eigenvalue weighted by molar-refractivity contribution is 5.94. The Kier molecular flexibility index (Phi) is 3.30. The third-order valence-electron chi connectivity index (χ3n) is 8.25. The number of rotatable bonds is 0. The van der Waals surface area contributed by atoms with Crippen LogP contribution in [0, 0.1) is 46.3 Å². The average Bonchev–Trinajstić information content (AvgIpc) is 3.29. The van der Waals surface area contributed by atoms with Crippen LogP contribution >= 0.6 is 0 Å². The van der Waals surface area contributed by atoms with Crippen molar-refractivity contribution in [1.82, 2.24) is 0 Å². The zero-order valence-electron chi connectivity index (χ0n) is 14.5. The monoisotopic (exact) mass is 390 g/mol. The fraction of sp³-hybridized carbons (Fsp3) is 0.750. The second-order valence-corrected chi connectivity index (χ2v) is 9.08. The highest BCUT2D eigenvalue weighted by Crippen LogP contribution is 2.73. The molecule has 0 aromatic rings. The van der Waals surface area contributed by atoms with Gasteiger partial charge in [-0.25, -0.2) is 0 Å². The lowest BCUT2D eigenvalue weighted by Crippen LogP contribution is -2.61. The Morgan fingerprint density at radius 2 is 1.15 bits per heavy atom. The largest absolute Gasteiger partial charge is 0.393 e. The molecule has 4 bridgehead atoms. The van der Waals surface area contributed by atoms with E-state index in [1.54, 1.807) is 12.2 Å². The predicted molar refractivity (Wildman–Crippen MR) is 84.3 cm³/mol. The molecule has 0 saturated heterocycles. The fourth-order valence-electron chi connectivity index (χ4n) is 7.64. The molecule has 0 heterocycles. The van der Waals surface area contributed by atoms with E-state index < -0.39 is 64.5 Å². The van der Waals surface area contributed by atoms with Gasteiger partial charge in [-0.05, 0) is 49.4 Å². The van der Waals surface area contributed by atoms with E-state index in [-0.39, 0.29) is 32.1 Å². The Hall–Kier alpha value is -1.27. The molecule has 148 valence electrons. The van der Waals surface area contributed by atoms with Gasteiger partial charge in [-0.15, -0.1) is 0 Å². The average molecular weight is 390 g/mol. The van der Waals surface area contributed by atoms with Crippen molar-refractivity contribution in [1.29, 1.82) is 0 Å². The molecule has 8 atom stereocenters. The number of carbonyl (C=O) groups excluding carboxylic acids is 1. The van der Waals surface area contributed by atoms with Gasteiger partial charge < -0.3 is 0 Å². The molecular weight excluding hydrogens is 370 g/mol. The van der Waals surface area contributed by atoms with Crippen LogP contribution in [-0.2, 0) is 4.79 Å². The number of halogens is 6. The maximum Gasteiger partial charge on any atom is 0.393 e. The number of fused-ring (bicyclic) bond motifs is 6. The van der Waals surface area contributed by atoms with Crippen LogP contribution in [0.2, 0.25) is 0 Å². The van der Waals surface area contributed by atoms with Gasteiger partial charge >= 0.3 is 12.4 Å². The summed E-state index contributed by atoms with van der Waals surface area (Å²) in [5.74, 6) is -7.17. The lowest BCUT2D eigenvalue weighted by molar-refractivity contribution is -0.237. The molecule has 2 spiro atoms. The molecule has 0 amide bonds. The fourth-order valence-corrected chi connectivity index (χ4v) is 7.64. The van der Waals surface area contributed by atoms with E-state index in [2.05, 4.69) is 0 Å². The molecule has 0 radical (unpaired) electrons. The van der Waals surface area contributed by atoms with Gasteiger partial charge in [0.05, 0.1) is 11.8 Å². The number of ketones is 1. The summed E-state index contributed by atoms with van der Waals surface area (Å²) in [6.07, 6.45) is -2.00. The lowest BCUT2D eigenvalue weighted by atomic mass is 9.48. The standard InChI is InChI=1S/C20H20F6O/c21-19(22,23)14-10-2-4-12(8-10)17(14)6-1-7-18(16(17)27)13-5-3-11(9-13)15(18)20(24,25)26/h2-5,10-15H,1,6-9H2/t10-,11-,12+,13+,14-,15-,17-,18-/m0/s1. The normalized spacial score (nSPS) is 50.7. The lowest BCUT2D eigenvalue weighted by Gasteiger charge is -2.54. The molecule has 5 rings (SSSR count). The van der Waals surface area contributed by atoms with Crippen molar-refractivity contribution >= 4 is 5.78 Å². The molecule has 0 aromatic carbocycles. The summed E-state index contributed by atoms with van der Waals surface area (Å²) in [5.41, 5.74) is -3.42. The van der Waals surface area contributed by atoms with Crippen molar-refractivity contribution in [3.05, 3.63) is 24.3 Å². The van der Waals surface area contributed by atoms with Gasteiger partial charge in [0.2, 0.25) is 0 Å². The van der Waals surface area contributed by atoms with E-state index in [4.69, 9.17) is 0 Å². The minimum absolute atomic E-state index is 0.0505. The smallest absolute Gasteiger partial charge is 0.298 e. The van der Waals surface area contributed by atoms with Crippen LogP contribution in [0.5, 0.6) is 0 Å². The van der Waals surface area contributed by atoms with Crippen molar-refractivity contribution in [2.75, 3.05) is 0 Å². The van der Waals surface area contributed by atoms with Gasteiger partial charge in [-0.3, -0.25) is 4.79 Å². The van der Waals surface area contributed by atoms with E-state index >= 15 is 0 Å². The summed E-state index contributed by atoms with van der Waals surface area (Å²) in [6.45, 7) is 0.